The van der Waals surface area contributed by atoms with Crippen molar-refractivity contribution in [2.24, 2.45) is 5.92 Å². The number of hydrogen-bond acceptors (Lipinski definition) is 3. The molecular weight excluding hydrogens is 220 g/mol. The highest BCUT2D eigenvalue weighted by atomic mass is 32.2. The molecule has 0 amide bonds. The first kappa shape index (κ1) is 14.1. The van der Waals surface area contributed by atoms with Crippen molar-refractivity contribution in [1.29, 1.82) is 0 Å². The molecule has 1 saturated heterocycles. The van der Waals surface area contributed by atoms with Gasteiger partial charge in [0.25, 0.3) is 0 Å². The lowest BCUT2D eigenvalue weighted by Gasteiger charge is -2.34. The predicted octanol–water partition coefficient (Wildman–Crippen LogP) is 1.07. The van der Waals surface area contributed by atoms with Crippen LogP contribution in [0.1, 0.15) is 26.2 Å². The van der Waals surface area contributed by atoms with E-state index >= 15 is 0 Å². The minimum atomic E-state index is -0.639. The van der Waals surface area contributed by atoms with E-state index in [0.717, 1.165) is 24.6 Å². The van der Waals surface area contributed by atoms with Crippen molar-refractivity contribution in [2.45, 2.75) is 32.2 Å². The molecule has 1 rings (SSSR count). The zero-order valence-electron chi connectivity index (χ0n) is 10.9. The minimum Gasteiger partial charge on any atom is -0.314 e. The second-order valence-corrected chi connectivity index (χ2v) is 6.59. The van der Waals surface area contributed by atoms with Gasteiger partial charge in [-0.2, -0.15) is 0 Å². The highest BCUT2D eigenvalue weighted by Crippen LogP contribution is 2.18. The van der Waals surface area contributed by atoms with Gasteiger partial charge in [-0.05, 0) is 52.2 Å². The topological polar surface area (TPSA) is 32.3 Å². The molecule has 1 aliphatic heterocycles. The molecule has 3 nitrogen and oxygen atoms in total. The zero-order valence-corrected chi connectivity index (χ0v) is 11.7. The van der Waals surface area contributed by atoms with Gasteiger partial charge in [0.2, 0.25) is 0 Å². The van der Waals surface area contributed by atoms with E-state index < -0.39 is 10.8 Å². The molecule has 0 aromatic heterocycles. The average molecular weight is 246 g/mol. The van der Waals surface area contributed by atoms with E-state index in [4.69, 9.17) is 0 Å². The number of rotatable bonds is 6. The van der Waals surface area contributed by atoms with Crippen LogP contribution < -0.4 is 5.32 Å². The molecule has 0 aliphatic carbocycles. The fourth-order valence-corrected chi connectivity index (χ4v) is 2.94. The van der Waals surface area contributed by atoms with Gasteiger partial charge in [-0.25, -0.2) is 0 Å². The van der Waals surface area contributed by atoms with Crippen LogP contribution in [-0.4, -0.2) is 53.8 Å². The molecule has 16 heavy (non-hydrogen) atoms. The lowest BCUT2D eigenvalue weighted by atomic mass is 9.92. The summed E-state index contributed by atoms with van der Waals surface area (Å²) in [5.74, 6) is 1.61. The van der Waals surface area contributed by atoms with Crippen LogP contribution in [0.3, 0.4) is 0 Å². The average Bonchev–Trinajstić information content (AvgIpc) is 2.24. The molecule has 0 radical (unpaired) electrons. The highest BCUT2D eigenvalue weighted by molar-refractivity contribution is 7.84. The van der Waals surface area contributed by atoms with Crippen LogP contribution in [0.5, 0.6) is 0 Å². The first-order valence-corrected chi connectivity index (χ1v) is 8.04. The van der Waals surface area contributed by atoms with E-state index in [2.05, 4.69) is 24.2 Å². The molecule has 1 aliphatic rings. The van der Waals surface area contributed by atoms with Gasteiger partial charge in [0.1, 0.15) is 0 Å². The van der Waals surface area contributed by atoms with Crippen LogP contribution in [0, 0.1) is 5.92 Å². The summed E-state index contributed by atoms with van der Waals surface area (Å²) in [6.45, 7) is 5.75. The summed E-state index contributed by atoms with van der Waals surface area (Å²) >= 11 is 0. The molecule has 1 N–H and O–H groups in total. The summed E-state index contributed by atoms with van der Waals surface area (Å²) in [6, 6.07) is 0.591. The van der Waals surface area contributed by atoms with Crippen LogP contribution in [0.25, 0.3) is 0 Å². The van der Waals surface area contributed by atoms with Crippen LogP contribution in [0.4, 0.5) is 0 Å². The molecule has 0 saturated carbocycles. The van der Waals surface area contributed by atoms with Crippen molar-refractivity contribution < 1.29 is 4.21 Å². The number of piperidine rings is 1. The quantitative estimate of drug-likeness (QED) is 0.712. The van der Waals surface area contributed by atoms with Crippen molar-refractivity contribution in [1.82, 2.24) is 10.2 Å². The van der Waals surface area contributed by atoms with Crippen molar-refractivity contribution in [3.63, 3.8) is 0 Å². The number of hydrogen-bond donors (Lipinski definition) is 1. The van der Waals surface area contributed by atoms with Gasteiger partial charge < -0.3 is 10.2 Å². The SMILES string of the molecule is CC(NCCCS(C)=O)C1CCCN(C)C1. The molecule has 4 heteroatoms. The molecule has 3 atom stereocenters. The molecule has 0 bridgehead atoms. The molecule has 96 valence electrons. The highest BCUT2D eigenvalue weighted by Gasteiger charge is 2.21. The van der Waals surface area contributed by atoms with E-state index in [0.29, 0.717) is 6.04 Å². The molecule has 0 aromatic carbocycles. The van der Waals surface area contributed by atoms with Crippen molar-refractivity contribution >= 4 is 10.8 Å². The van der Waals surface area contributed by atoms with E-state index in [1.54, 1.807) is 6.26 Å². The first-order chi connectivity index (χ1) is 7.59. The maximum Gasteiger partial charge on any atom is 0.0244 e. The van der Waals surface area contributed by atoms with Crippen LogP contribution in [0.2, 0.25) is 0 Å². The fraction of sp³-hybridized carbons (Fsp3) is 1.00. The van der Waals surface area contributed by atoms with Gasteiger partial charge in [0.15, 0.2) is 0 Å². The summed E-state index contributed by atoms with van der Waals surface area (Å²) in [5, 5.41) is 3.57. The predicted molar refractivity (Wildman–Crippen MR) is 71.2 cm³/mol. The maximum absolute atomic E-state index is 10.9. The standard InChI is InChI=1S/C12H26N2OS/c1-11(13-7-5-9-16(3)15)12-6-4-8-14(2)10-12/h11-13H,4-10H2,1-3H3. The second-order valence-electron chi connectivity index (χ2n) is 5.04. The van der Waals surface area contributed by atoms with Gasteiger partial charge in [-0.1, -0.05) is 0 Å². The van der Waals surface area contributed by atoms with Crippen LogP contribution in [0.15, 0.2) is 0 Å². The molecule has 0 spiro atoms. The molecule has 0 aromatic rings. The van der Waals surface area contributed by atoms with Crippen LogP contribution >= 0.6 is 0 Å². The molecule has 1 fully saturated rings. The van der Waals surface area contributed by atoms with Crippen molar-refractivity contribution in [3.05, 3.63) is 0 Å². The normalized spacial score (nSPS) is 26.6. The summed E-state index contributed by atoms with van der Waals surface area (Å²) in [6.07, 6.45) is 5.47. The largest absolute Gasteiger partial charge is 0.314 e. The zero-order chi connectivity index (χ0) is 12.0. The Morgan fingerprint density at radius 3 is 2.94 bits per heavy atom. The third-order valence-electron chi connectivity index (χ3n) is 3.44. The van der Waals surface area contributed by atoms with Gasteiger partial charge in [0.05, 0.1) is 0 Å². The van der Waals surface area contributed by atoms with E-state index in [9.17, 15) is 4.21 Å². The summed E-state index contributed by atoms with van der Waals surface area (Å²) in [7, 11) is 1.57. The third kappa shape index (κ3) is 5.41. The van der Waals surface area contributed by atoms with Gasteiger partial charge in [-0.15, -0.1) is 0 Å². The van der Waals surface area contributed by atoms with Crippen LogP contribution in [-0.2, 0) is 10.8 Å². The monoisotopic (exact) mass is 246 g/mol. The molecular formula is C12H26N2OS. The summed E-state index contributed by atoms with van der Waals surface area (Å²) < 4.78 is 10.9. The third-order valence-corrected chi connectivity index (χ3v) is 4.31. The first-order valence-electron chi connectivity index (χ1n) is 6.31. The van der Waals surface area contributed by atoms with Gasteiger partial charge in [-0.3, -0.25) is 4.21 Å². The minimum absolute atomic E-state index is 0.591. The van der Waals surface area contributed by atoms with E-state index in [1.807, 2.05) is 0 Å². The Balaban J connectivity index is 2.13. The van der Waals surface area contributed by atoms with Crippen molar-refractivity contribution in [2.75, 3.05) is 38.7 Å². The molecule has 1 heterocycles. The Labute approximate surface area is 102 Å². The Morgan fingerprint density at radius 1 is 1.56 bits per heavy atom. The fourth-order valence-electron chi connectivity index (χ4n) is 2.39. The summed E-state index contributed by atoms with van der Waals surface area (Å²) in [5.41, 5.74) is 0. The number of nitrogens with one attached hydrogen (secondary N) is 1. The van der Waals surface area contributed by atoms with Gasteiger partial charge >= 0.3 is 0 Å². The lowest BCUT2D eigenvalue weighted by molar-refractivity contribution is 0.179. The number of nitrogens with zero attached hydrogens (tertiary/aromatic N) is 1. The number of likely N-dealkylation sites (tertiary alicyclic amines) is 1. The Bertz CT molecular complexity index is 223. The second kappa shape index (κ2) is 7.41. The van der Waals surface area contributed by atoms with Crippen molar-refractivity contribution in [3.8, 4) is 0 Å². The summed E-state index contributed by atoms with van der Waals surface area (Å²) in [4.78, 5) is 2.42. The Morgan fingerprint density at radius 2 is 2.31 bits per heavy atom. The van der Waals surface area contributed by atoms with Gasteiger partial charge in [0, 0.05) is 35.4 Å². The maximum atomic E-state index is 10.9. The Hall–Kier alpha value is 0.0700. The molecule has 3 unspecified atom stereocenters. The van der Waals surface area contributed by atoms with E-state index in [-0.39, 0.29) is 0 Å². The lowest BCUT2D eigenvalue weighted by Crippen LogP contribution is -2.43. The van der Waals surface area contributed by atoms with E-state index in [1.165, 1.54) is 25.9 Å². The Kier molecular flexibility index (Phi) is 6.54. The smallest absolute Gasteiger partial charge is 0.0244 e.